The molecule has 0 radical (unpaired) electrons. The molecule has 1 N–H and O–H groups in total. The van der Waals surface area contributed by atoms with Gasteiger partial charge in [-0.25, -0.2) is 0 Å². The largest absolute Gasteiger partial charge is 0.301 e. The average molecular weight is 332 g/mol. The smallest absolute Gasteiger partial charge is 0.272 e. The van der Waals surface area contributed by atoms with Crippen LogP contribution in [-0.4, -0.2) is 15.6 Å². The van der Waals surface area contributed by atoms with Crippen LogP contribution in [0.3, 0.4) is 0 Å². The monoisotopic (exact) mass is 332 g/mol. The van der Waals surface area contributed by atoms with Crippen molar-refractivity contribution >= 4 is 22.8 Å². The van der Waals surface area contributed by atoms with Crippen molar-refractivity contribution in [2.24, 2.45) is 16.9 Å². The standard InChI is InChI=1S/C16H20N4O4/c21-19(22)12-8-9-15(16(10-12)20(23)24)18-17-14-7-3-5-11-4-1-2-6-13(11)14/h8-11,13,18H,1-7H2/b17-14-. The number of nitrogens with one attached hydrogen (secondary N) is 1. The van der Waals surface area contributed by atoms with Crippen LogP contribution in [0.15, 0.2) is 23.3 Å². The van der Waals surface area contributed by atoms with E-state index in [9.17, 15) is 20.2 Å². The van der Waals surface area contributed by atoms with Crippen LogP contribution in [-0.2, 0) is 0 Å². The van der Waals surface area contributed by atoms with Crippen LogP contribution < -0.4 is 5.43 Å². The zero-order valence-corrected chi connectivity index (χ0v) is 13.3. The van der Waals surface area contributed by atoms with Gasteiger partial charge in [-0.3, -0.25) is 25.7 Å². The van der Waals surface area contributed by atoms with E-state index in [1.807, 2.05) is 0 Å². The highest BCUT2D eigenvalue weighted by Gasteiger charge is 2.32. The fraction of sp³-hybridized carbons (Fsp3) is 0.562. The number of nitro benzene ring substituents is 2. The van der Waals surface area contributed by atoms with Gasteiger partial charge in [0.05, 0.1) is 15.9 Å². The number of nitro groups is 2. The Hall–Kier alpha value is -2.51. The van der Waals surface area contributed by atoms with Gasteiger partial charge in [-0.2, -0.15) is 5.10 Å². The third kappa shape index (κ3) is 3.37. The van der Waals surface area contributed by atoms with Gasteiger partial charge < -0.3 is 0 Å². The van der Waals surface area contributed by atoms with E-state index >= 15 is 0 Å². The van der Waals surface area contributed by atoms with E-state index < -0.39 is 9.85 Å². The molecule has 2 unspecified atom stereocenters. The van der Waals surface area contributed by atoms with Gasteiger partial charge in [-0.05, 0) is 44.1 Å². The summed E-state index contributed by atoms with van der Waals surface area (Å²) < 4.78 is 0. The maximum atomic E-state index is 11.2. The second-order valence-electron chi connectivity index (χ2n) is 6.47. The Kier molecular flexibility index (Phi) is 4.73. The summed E-state index contributed by atoms with van der Waals surface area (Å²) in [6, 6.07) is 3.56. The lowest BCUT2D eigenvalue weighted by molar-refractivity contribution is -0.393. The van der Waals surface area contributed by atoms with Gasteiger partial charge in [0.1, 0.15) is 5.69 Å². The van der Waals surface area contributed by atoms with Gasteiger partial charge in [-0.15, -0.1) is 0 Å². The number of hydrazone groups is 1. The molecular formula is C16H20N4O4. The Balaban J connectivity index is 1.82. The zero-order chi connectivity index (χ0) is 17.1. The molecule has 2 aliphatic carbocycles. The summed E-state index contributed by atoms with van der Waals surface area (Å²) in [6.45, 7) is 0. The number of rotatable bonds is 4. The number of hydrogen-bond acceptors (Lipinski definition) is 6. The van der Waals surface area contributed by atoms with E-state index in [2.05, 4.69) is 10.5 Å². The first kappa shape index (κ1) is 16.4. The van der Waals surface area contributed by atoms with Crippen molar-refractivity contribution in [1.29, 1.82) is 0 Å². The van der Waals surface area contributed by atoms with Crippen LogP contribution >= 0.6 is 0 Å². The number of anilines is 1. The minimum Gasteiger partial charge on any atom is -0.272 e. The van der Waals surface area contributed by atoms with Gasteiger partial charge in [0.15, 0.2) is 0 Å². The lowest BCUT2D eigenvalue weighted by Gasteiger charge is -2.36. The Morgan fingerprint density at radius 2 is 1.79 bits per heavy atom. The maximum absolute atomic E-state index is 11.2. The first-order valence-corrected chi connectivity index (χ1v) is 8.31. The summed E-state index contributed by atoms with van der Waals surface area (Å²) in [4.78, 5) is 20.7. The van der Waals surface area contributed by atoms with E-state index in [1.165, 1.54) is 37.8 Å². The number of non-ortho nitro benzene ring substituents is 1. The van der Waals surface area contributed by atoms with E-state index in [-0.39, 0.29) is 17.1 Å². The van der Waals surface area contributed by atoms with Gasteiger partial charge in [0.25, 0.3) is 5.69 Å². The molecule has 0 aliphatic heterocycles. The summed E-state index contributed by atoms with van der Waals surface area (Å²) in [7, 11) is 0. The molecule has 2 aliphatic rings. The number of fused-ring (bicyclic) bond motifs is 1. The summed E-state index contributed by atoms with van der Waals surface area (Å²) in [6.07, 6.45) is 8.10. The van der Waals surface area contributed by atoms with Crippen molar-refractivity contribution in [3.63, 3.8) is 0 Å². The zero-order valence-electron chi connectivity index (χ0n) is 13.3. The molecule has 0 heterocycles. The molecule has 1 aromatic rings. The predicted molar refractivity (Wildman–Crippen MR) is 90.1 cm³/mol. The van der Waals surface area contributed by atoms with Crippen LogP contribution in [0.5, 0.6) is 0 Å². The maximum Gasteiger partial charge on any atom is 0.301 e. The molecule has 2 fully saturated rings. The summed E-state index contributed by atoms with van der Waals surface area (Å²) >= 11 is 0. The highest BCUT2D eigenvalue weighted by molar-refractivity contribution is 5.88. The molecule has 2 saturated carbocycles. The first-order valence-electron chi connectivity index (χ1n) is 8.31. The topological polar surface area (TPSA) is 111 Å². The number of hydrogen-bond donors (Lipinski definition) is 1. The van der Waals surface area contributed by atoms with Crippen LogP contribution in [0.4, 0.5) is 17.1 Å². The molecule has 24 heavy (non-hydrogen) atoms. The van der Waals surface area contributed by atoms with Crippen molar-refractivity contribution in [3.8, 4) is 0 Å². The molecule has 2 atom stereocenters. The van der Waals surface area contributed by atoms with E-state index in [4.69, 9.17) is 0 Å². The number of benzene rings is 1. The van der Waals surface area contributed by atoms with Crippen LogP contribution in [0.1, 0.15) is 44.9 Å². The molecule has 128 valence electrons. The van der Waals surface area contributed by atoms with E-state index in [0.717, 1.165) is 31.0 Å². The molecule has 3 rings (SSSR count). The van der Waals surface area contributed by atoms with E-state index in [1.54, 1.807) is 0 Å². The number of nitrogens with zero attached hydrogens (tertiary/aromatic N) is 3. The molecule has 0 spiro atoms. The Morgan fingerprint density at radius 3 is 2.54 bits per heavy atom. The SMILES string of the molecule is O=[N+]([O-])c1ccc(N/N=C2/CCCC3CCCCC23)c([N+](=O)[O-])c1. The molecule has 0 aromatic heterocycles. The minimum absolute atomic E-state index is 0.191. The third-order valence-electron chi connectivity index (χ3n) is 5.05. The normalized spacial score (nSPS) is 25.1. The fourth-order valence-electron chi connectivity index (χ4n) is 3.87. The lowest BCUT2D eigenvalue weighted by Crippen LogP contribution is -2.31. The summed E-state index contributed by atoms with van der Waals surface area (Å²) in [5.74, 6) is 1.15. The average Bonchev–Trinajstić information content (AvgIpc) is 2.59. The molecule has 0 bridgehead atoms. The van der Waals surface area contributed by atoms with E-state index in [0.29, 0.717) is 11.8 Å². The second kappa shape index (κ2) is 6.94. The highest BCUT2D eigenvalue weighted by Crippen LogP contribution is 2.39. The summed E-state index contributed by atoms with van der Waals surface area (Å²) in [5.41, 5.74) is 3.43. The molecular weight excluding hydrogens is 312 g/mol. The van der Waals surface area contributed by atoms with Gasteiger partial charge in [0, 0.05) is 17.7 Å². The van der Waals surface area contributed by atoms with Crippen LogP contribution in [0.2, 0.25) is 0 Å². The van der Waals surface area contributed by atoms with Crippen LogP contribution in [0, 0.1) is 32.1 Å². The van der Waals surface area contributed by atoms with Crippen molar-refractivity contribution in [2.75, 3.05) is 5.43 Å². The first-order chi connectivity index (χ1) is 11.6. The van der Waals surface area contributed by atoms with Gasteiger partial charge >= 0.3 is 5.69 Å². The van der Waals surface area contributed by atoms with Gasteiger partial charge in [-0.1, -0.05) is 12.8 Å². The second-order valence-corrected chi connectivity index (χ2v) is 6.47. The summed E-state index contributed by atoms with van der Waals surface area (Å²) in [5, 5.41) is 26.4. The van der Waals surface area contributed by atoms with Crippen LogP contribution in [0.25, 0.3) is 0 Å². The van der Waals surface area contributed by atoms with Crippen molar-refractivity contribution < 1.29 is 9.85 Å². The quantitative estimate of drug-likeness (QED) is 0.654. The van der Waals surface area contributed by atoms with Gasteiger partial charge in [0.2, 0.25) is 0 Å². The third-order valence-corrected chi connectivity index (χ3v) is 5.05. The Labute approximate surface area is 139 Å². The lowest BCUT2D eigenvalue weighted by atomic mass is 9.70. The molecule has 1 aromatic carbocycles. The minimum atomic E-state index is -0.642. The highest BCUT2D eigenvalue weighted by atomic mass is 16.6. The Bertz CT molecular complexity index is 687. The Morgan fingerprint density at radius 1 is 1.04 bits per heavy atom. The van der Waals surface area contributed by atoms with Crippen molar-refractivity contribution in [2.45, 2.75) is 44.9 Å². The van der Waals surface area contributed by atoms with Crippen molar-refractivity contribution in [3.05, 3.63) is 38.4 Å². The molecule has 8 nitrogen and oxygen atoms in total. The van der Waals surface area contributed by atoms with Crippen molar-refractivity contribution in [1.82, 2.24) is 0 Å². The predicted octanol–water partition coefficient (Wildman–Crippen LogP) is 4.26. The molecule has 0 amide bonds. The molecule has 8 heteroatoms. The molecule has 0 saturated heterocycles. The fourth-order valence-corrected chi connectivity index (χ4v) is 3.87.